The Morgan fingerprint density at radius 1 is 1.11 bits per heavy atom. The maximum atomic E-state index is 12.1. The van der Waals surface area contributed by atoms with E-state index in [4.69, 9.17) is 5.11 Å². The average molecular weight is 284 g/mol. The third-order valence-corrected chi connectivity index (χ3v) is 4.41. The van der Waals surface area contributed by atoms with E-state index < -0.39 is 16.0 Å². The van der Waals surface area contributed by atoms with E-state index in [1.165, 1.54) is 24.3 Å². The van der Waals surface area contributed by atoms with Crippen LogP contribution in [0.3, 0.4) is 0 Å². The van der Waals surface area contributed by atoms with E-state index in [9.17, 15) is 13.2 Å². The number of hydrazine groups is 1. The Kier molecular flexibility index (Phi) is 4.18. The molecule has 0 aliphatic carbocycles. The lowest BCUT2D eigenvalue weighted by Crippen LogP contribution is -2.44. The van der Waals surface area contributed by atoms with Gasteiger partial charge in [0.2, 0.25) is 0 Å². The van der Waals surface area contributed by atoms with E-state index in [1.807, 2.05) is 0 Å². The van der Waals surface area contributed by atoms with Crippen LogP contribution in [0.2, 0.25) is 0 Å². The molecule has 0 radical (unpaired) electrons. The molecule has 2 rings (SSSR count). The molecular formula is C12H16N2O4S. The van der Waals surface area contributed by atoms with Crippen LogP contribution in [0.25, 0.3) is 0 Å². The molecule has 1 aromatic carbocycles. The number of carboxylic acids is 1. The molecule has 1 saturated heterocycles. The summed E-state index contributed by atoms with van der Waals surface area (Å²) in [6, 6.07) is 5.17. The summed E-state index contributed by atoms with van der Waals surface area (Å²) in [5, 5.41) is 10.5. The van der Waals surface area contributed by atoms with Gasteiger partial charge < -0.3 is 5.11 Å². The molecule has 6 nitrogen and oxygen atoms in total. The lowest BCUT2D eigenvalue weighted by Gasteiger charge is -2.26. The highest BCUT2D eigenvalue weighted by Gasteiger charge is 2.20. The minimum absolute atomic E-state index is 0.0666. The molecule has 1 aromatic rings. The van der Waals surface area contributed by atoms with Gasteiger partial charge in [0.1, 0.15) is 0 Å². The van der Waals surface area contributed by atoms with Crippen LogP contribution in [-0.2, 0) is 10.0 Å². The summed E-state index contributed by atoms with van der Waals surface area (Å²) in [5.74, 6) is -1.08. The summed E-state index contributed by atoms with van der Waals surface area (Å²) in [6.07, 6.45) is 3.06. The number of aromatic carboxylic acids is 1. The van der Waals surface area contributed by atoms with Crippen molar-refractivity contribution >= 4 is 16.0 Å². The Balaban J connectivity index is 2.12. The van der Waals surface area contributed by atoms with Crippen molar-refractivity contribution in [1.82, 2.24) is 9.84 Å². The maximum absolute atomic E-state index is 12.1. The number of benzene rings is 1. The third-order valence-electron chi connectivity index (χ3n) is 3.02. The van der Waals surface area contributed by atoms with Gasteiger partial charge in [0.25, 0.3) is 10.0 Å². The van der Waals surface area contributed by atoms with Gasteiger partial charge in [0.15, 0.2) is 0 Å². The fourth-order valence-corrected chi connectivity index (χ4v) is 3.11. The number of carboxylic acid groups (broad SMARTS) is 1. The molecular weight excluding hydrogens is 268 g/mol. The molecule has 1 heterocycles. The Morgan fingerprint density at radius 3 is 2.21 bits per heavy atom. The van der Waals surface area contributed by atoms with Crippen molar-refractivity contribution in [1.29, 1.82) is 0 Å². The van der Waals surface area contributed by atoms with Gasteiger partial charge in [-0.2, -0.15) is 0 Å². The van der Waals surface area contributed by atoms with Gasteiger partial charge in [-0.1, -0.05) is 6.42 Å². The number of nitrogens with zero attached hydrogens (tertiary/aromatic N) is 1. The summed E-state index contributed by atoms with van der Waals surface area (Å²) < 4.78 is 24.2. The average Bonchev–Trinajstić information content (AvgIpc) is 2.39. The van der Waals surface area contributed by atoms with Crippen LogP contribution in [0.1, 0.15) is 29.6 Å². The number of sulfonamides is 1. The van der Waals surface area contributed by atoms with E-state index in [1.54, 1.807) is 5.01 Å². The van der Waals surface area contributed by atoms with Crippen molar-refractivity contribution in [2.75, 3.05) is 13.1 Å². The predicted molar refractivity (Wildman–Crippen MR) is 69.1 cm³/mol. The molecule has 0 bridgehead atoms. The summed E-state index contributed by atoms with van der Waals surface area (Å²) in [4.78, 5) is 13.3. The highest BCUT2D eigenvalue weighted by Crippen LogP contribution is 2.13. The summed E-state index contributed by atoms with van der Waals surface area (Å²) in [7, 11) is -3.62. The molecule has 19 heavy (non-hydrogen) atoms. The van der Waals surface area contributed by atoms with Crippen molar-refractivity contribution in [2.45, 2.75) is 24.2 Å². The monoisotopic (exact) mass is 284 g/mol. The maximum Gasteiger partial charge on any atom is 0.335 e. The highest BCUT2D eigenvalue weighted by molar-refractivity contribution is 7.89. The molecule has 0 spiro atoms. The molecule has 1 aliphatic rings. The second kappa shape index (κ2) is 5.68. The predicted octanol–water partition coefficient (Wildman–Crippen LogP) is 1.06. The minimum atomic E-state index is -3.62. The molecule has 7 heteroatoms. The van der Waals surface area contributed by atoms with E-state index in [2.05, 4.69) is 4.83 Å². The second-order valence-electron chi connectivity index (χ2n) is 4.47. The van der Waals surface area contributed by atoms with E-state index in [0.29, 0.717) is 13.1 Å². The van der Waals surface area contributed by atoms with Gasteiger partial charge in [-0.15, -0.1) is 4.83 Å². The first kappa shape index (κ1) is 14.0. The Labute approximate surface area is 112 Å². The van der Waals surface area contributed by atoms with Gasteiger partial charge in [0, 0.05) is 13.1 Å². The number of hydrogen-bond acceptors (Lipinski definition) is 4. The van der Waals surface area contributed by atoms with Gasteiger partial charge in [-0.3, -0.25) is 0 Å². The molecule has 1 aliphatic heterocycles. The van der Waals surface area contributed by atoms with Crippen LogP contribution in [0.15, 0.2) is 29.2 Å². The smallest absolute Gasteiger partial charge is 0.335 e. The summed E-state index contributed by atoms with van der Waals surface area (Å²) >= 11 is 0. The number of piperidine rings is 1. The van der Waals surface area contributed by atoms with Gasteiger partial charge in [-0.25, -0.2) is 18.2 Å². The van der Waals surface area contributed by atoms with Crippen LogP contribution >= 0.6 is 0 Å². The highest BCUT2D eigenvalue weighted by atomic mass is 32.2. The molecule has 2 N–H and O–H groups in total. The second-order valence-corrected chi connectivity index (χ2v) is 6.13. The Hall–Kier alpha value is -1.44. The zero-order valence-corrected chi connectivity index (χ0v) is 11.2. The first-order valence-electron chi connectivity index (χ1n) is 6.10. The van der Waals surface area contributed by atoms with E-state index >= 15 is 0 Å². The Morgan fingerprint density at radius 2 is 1.68 bits per heavy atom. The molecule has 0 amide bonds. The molecule has 0 saturated carbocycles. The quantitative estimate of drug-likeness (QED) is 0.863. The van der Waals surface area contributed by atoms with Crippen LogP contribution in [0.4, 0.5) is 0 Å². The van der Waals surface area contributed by atoms with Crippen LogP contribution in [0.5, 0.6) is 0 Å². The van der Waals surface area contributed by atoms with Crippen molar-refractivity contribution in [3.63, 3.8) is 0 Å². The molecule has 1 fully saturated rings. The first-order chi connectivity index (χ1) is 8.99. The van der Waals surface area contributed by atoms with Gasteiger partial charge in [0.05, 0.1) is 10.5 Å². The Bertz CT molecular complexity index is 548. The fourth-order valence-electron chi connectivity index (χ4n) is 1.98. The largest absolute Gasteiger partial charge is 0.478 e. The SMILES string of the molecule is O=C(O)c1ccc(S(=O)(=O)NN2CCCCC2)cc1. The number of hydrogen-bond donors (Lipinski definition) is 2. The number of carbonyl (C=O) groups is 1. The molecule has 0 atom stereocenters. The lowest BCUT2D eigenvalue weighted by molar-refractivity contribution is 0.0696. The minimum Gasteiger partial charge on any atom is -0.478 e. The van der Waals surface area contributed by atoms with Gasteiger partial charge >= 0.3 is 5.97 Å². The molecule has 0 unspecified atom stereocenters. The topological polar surface area (TPSA) is 86.7 Å². The van der Waals surface area contributed by atoms with Crippen molar-refractivity contribution in [3.05, 3.63) is 29.8 Å². The number of rotatable bonds is 4. The van der Waals surface area contributed by atoms with Crippen LogP contribution < -0.4 is 4.83 Å². The van der Waals surface area contributed by atoms with Crippen LogP contribution in [0, 0.1) is 0 Å². The van der Waals surface area contributed by atoms with Crippen molar-refractivity contribution in [2.24, 2.45) is 0 Å². The van der Waals surface area contributed by atoms with E-state index in [0.717, 1.165) is 19.3 Å². The standard InChI is InChI=1S/C12H16N2O4S/c15-12(16)10-4-6-11(7-5-10)19(17,18)13-14-8-2-1-3-9-14/h4-7,13H,1-3,8-9H2,(H,15,16). The van der Waals surface area contributed by atoms with Gasteiger partial charge in [-0.05, 0) is 37.1 Å². The zero-order valence-electron chi connectivity index (χ0n) is 10.4. The summed E-state index contributed by atoms with van der Waals surface area (Å²) in [6.45, 7) is 1.40. The van der Waals surface area contributed by atoms with Crippen molar-refractivity contribution < 1.29 is 18.3 Å². The molecule has 104 valence electrons. The van der Waals surface area contributed by atoms with Crippen molar-refractivity contribution in [3.8, 4) is 0 Å². The third kappa shape index (κ3) is 3.52. The number of nitrogens with one attached hydrogen (secondary N) is 1. The lowest BCUT2D eigenvalue weighted by atomic mass is 10.2. The zero-order chi connectivity index (χ0) is 13.9. The summed E-state index contributed by atoms with van der Waals surface area (Å²) in [5.41, 5.74) is 0.0666. The van der Waals surface area contributed by atoms with E-state index in [-0.39, 0.29) is 10.5 Å². The van der Waals surface area contributed by atoms with Crippen LogP contribution in [-0.4, -0.2) is 37.6 Å². The molecule has 0 aromatic heterocycles. The normalized spacial score (nSPS) is 17.3. The fraction of sp³-hybridized carbons (Fsp3) is 0.417. The first-order valence-corrected chi connectivity index (χ1v) is 7.58.